The third-order valence-corrected chi connectivity index (χ3v) is 8.06. The molecule has 0 aliphatic heterocycles. The van der Waals surface area contributed by atoms with Crippen LogP contribution in [0.3, 0.4) is 0 Å². The molecule has 0 aromatic rings. The molecule has 0 aliphatic rings. The van der Waals surface area contributed by atoms with E-state index in [1.165, 1.54) is 0 Å². The van der Waals surface area contributed by atoms with Crippen LogP contribution in [0.1, 0.15) is 41.5 Å². The number of hydrogen-bond donors (Lipinski definition) is 0. The summed E-state index contributed by atoms with van der Waals surface area (Å²) < 4.78 is 17.7. The van der Waals surface area contributed by atoms with Crippen molar-refractivity contribution in [1.82, 2.24) is 0 Å². The van der Waals surface area contributed by atoms with E-state index in [-0.39, 0.29) is 18.3 Å². The summed E-state index contributed by atoms with van der Waals surface area (Å²) in [5.74, 6) is 0. The van der Waals surface area contributed by atoms with Crippen LogP contribution in [0.4, 0.5) is 0 Å². The standard InChI is InChI=1S/C11H25GeO3/c1-8-12(13-9(2)3,14-10(4)5)15-11(6)7/h9-11H,1,8H2,2-7H3. The van der Waals surface area contributed by atoms with Gasteiger partial charge in [-0.15, -0.1) is 0 Å². The monoisotopic (exact) mass is 279 g/mol. The van der Waals surface area contributed by atoms with Crippen LogP contribution in [-0.4, -0.2) is 32.6 Å². The van der Waals surface area contributed by atoms with E-state index in [2.05, 4.69) is 6.92 Å². The Morgan fingerprint density at radius 3 is 1.20 bits per heavy atom. The third kappa shape index (κ3) is 6.56. The summed E-state index contributed by atoms with van der Waals surface area (Å²) in [6.45, 7) is 15.9. The van der Waals surface area contributed by atoms with Gasteiger partial charge in [-0.2, -0.15) is 0 Å². The summed E-state index contributed by atoms with van der Waals surface area (Å²) in [5.41, 5.74) is 0. The molecule has 3 nitrogen and oxygen atoms in total. The van der Waals surface area contributed by atoms with Crippen LogP contribution in [0.25, 0.3) is 0 Å². The third-order valence-electron chi connectivity index (χ3n) is 1.55. The maximum atomic E-state index is 5.89. The molecule has 0 bridgehead atoms. The Kier molecular flexibility index (Phi) is 7.08. The minimum atomic E-state index is -3.12. The Hall–Kier alpha value is 0.423. The molecule has 0 spiro atoms. The molecule has 0 atom stereocenters. The van der Waals surface area contributed by atoms with Crippen molar-refractivity contribution < 1.29 is 11.3 Å². The zero-order valence-electron chi connectivity index (χ0n) is 10.9. The Morgan fingerprint density at radius 1 is 0.800 bits per heavy atom. The van der Waals surface area contributed by atoms with Gasteiger partial charge in [-0.1, -0.05) is 0 Å². The van der Waals surface area contributed by atoms with E-state index in [1.807, 2.05) is 41.5 Å². The number of hydrogen-bond acceptors (Lipinski definition) is 3. The van der Waals surface area contributed by atoms with Gasteiger partial charge in [-0.05, 0) is 0 Å². The van der Waals surface area contributed by atoms with Gasteiger partial charge in [0.15, 0.2) is 0 Å². The van der Waals surface area contributed by atoms with Crippen molar-refractivity contribution in [1.29, 1.82) is 0 Å². The van der Waals surface area contributed by atoms with Crippen LogP contribution in [0.2, 0.25) is 5.25 Å². The average molecular weight is 278 g/mol. The Morgan fingerprint density at radius 2 is 1.07 bits per heavy atom. The first-order valence-electron chi connectivity index (χ1n) is 5.64. The van der Waals surface area contributed by atoms with Crippen molar-refractivity contribution in [3.8, 4) is 0 Å². The van der Waals surface area contributed by atoms with E-state index in [0.717, 1.165) is 0 Å². The Labute approximate surface area is 97.9 Å². The summed E-state index contributed by atoms with van der Waals surface area (Å²) in [5, 5.41) is 0.620. The molecular formula is C11H25GeO3. The van der Waals surface area contributed by atoms with Crippen LogP contribution in [-0.2, 0) is 11.3 Å². The first-order valence-corrected chi connectivity index (χ1v) is 9.69. The van der Waals surface area contributed by atoms with E-state index >= 15 is 0 Å². The normalized spacial score (nSPS) is 13.2. The summed E-state index contributed by atoms with van der Waals surface area (Å²) in [6, 6.07) is 0. The van der Waals surface area contributed by atoms with E-state index < -0.39 is 14.3 Å². The minimum absolute atomic E-state index is 0.129. The zero-order valence-corrected chi connectivity index (χ0v) is 13.0. The molecule has 0 heterocycles. The predicted octanol–water partition coefficient (Wildman–Crippen LogP) is 3.03. The summed E-state index contributed by atoms with van der Waals surface area (Å²) in [7, 11) is 0. The molecule has 0 saturated carbocycles. The second-order valence-corrected chi connectivity index (χ2v) is 9.83. The van der Waals surface area contributed by atoms with Crippen LogP contribution < -0.4 is 0 Å². The predicted molar refractivity (Wildman–Crippen MR) is 64.6 cm³/mol. The quantitative estimate of drug-likeness (QED) is 0.670. The van der Waals surface area contributed by atoms with Gasteiger partial charge in [0.25, 0.3) is 0 Å². The van der Waals surface area contributed by atoms with Crippen molar-refractivity contribution in [2.24, 2.45) is 0 Å². The molecular weight excluding hydrogens is 253 g/mol. The second kappa shape index (κ2) is 6.89. The molecule has 0 rings (SSSR count). The Bertz CT molecular complexity index is 143. The SMILES string of the molecule is [CH2][CH2][Ge]([O]C(C)C)([O]C(C)C)[O]C(C)C. The van der Waals surface area contributed by atoms with E-state index in [1.54, 1.807) is 0 Å². The van der Waals surface area contributed by atoms with Crippen molar-refractivity contribution in [3.63, 3.8) is 0 Å². The Balaban J connectivity index is 4.59. The summed E-state index contributed by atoms with van der Waals surface area (Å²) in [4.78, 5) is 0. The van der Waals surface area contributed by atoms with Crippen molar-refractivity contribution in [2.45, 2.75) is 65.1 Å². The van der Waals surface area contributed by atoms with Gasteiger partial charge >= 0.3 is 97.6 Å². The fraction of sp³-hybridized carbons (Fsp3) is 0.909. The first-order chi connectivity index (χ1) is 6.81. The summed E-state index contributed by atoms with van der Waals surface area (Å²) in [6.07, 6.45) is 0.387. The number of rotatable bonds is 7. The molecule has 0 amide bonds. The van der Waals surface area contributed by atoms with Gasteiger partial charge < -0.3 is 0 Å². The molecule has 0 aromatic heterocycles. The summed E-state index contributed by atoms with van der Waals surface area (Å²) >= 11 is -3.12. The molecule has 15 heavy (non-hydrogen) atoms. The topological polar surface area (TPSA) is 27.7 Å². The van der Waals surface area contributed by atoms with Gasteiger partial charge in [0.1, 0.15) is 0 Å². The van der Waals surface area contributed by atoms with Gasteiger partial charge in [-0.25, -0.2) is 0 Å². The van der Waals surface area contributed by atoms with E-state index in [0.29, 0.717) is 5.25 Å². The first kappa shape index (κ1) is 15.4. The zero-order chi connectivity index (χ0) is 12.1. The van der Waals surface area contributed by atoms with Crippen LogP contribution >= 0.6 is 0 Å². The van der Waals surface area contributed by atoms with Gasteiger partial charge in [0.05, 0.1) is 0 Å². The molecule has 0 N–H and O–H groups in total. The molecule has 0 saturated heterocycles. The second-order valence-electron chi connectivity index (χ2n) is 4.43. The van der Waals surface area contributed by atoms with Crippen LogP contribution in [0, 0.1) is 6.92 Å². The molecule has 0 aliphatic carbocycles. The van der Waals surface area contributed by atoms with Gasteiger partial charge in [-0.3, -0.25) is 0 Å². The fourth-order valence-corrected chi connectivity index (χ4v) is 6.95. The van der Waals surface area contributed by atoms with Crippen LogP contribution in [0.5, 0.6) is 0 Å². The van der Waals surface area contributed by atoms with Crippen LogP contribution in [0.15, 0.2) is 0 Å². The van der Waals surface area contributed by atoms with Gasteiger partial charge in [0.2, 0.25) is 0 Å². The molecule has 0 fully saturated rings. The van der Waals surface area contributed by atoms with Crippen molar-refractivity contribution in [2.75, 3.05) is 0 Å². The van der Waals surface area contributed by atoms with Crippen molar-refractivity contribution >= 4 is 14.3 Å². The van der Waals surface area contributed by atoms with E-state index in [9.17, 15) is 0 Å². The van der Waals surface area contributed by atoms with Gasteiger partial charge in [0, 0.05) is 0 Å². The maximum absolute atomic E-state index is 5.89. The molecule has 4 heteroatoms. The fourth-order valence-electron chi connectivity index (χ4n) is 1.34. The molecule has 0 aromatic carbocycles. The molecule has 1 radical (unpaired) electrons. The van der Waals surface area contributed by atoms with Crippen molar-refractivity contribution in [3.05, 3.63) is 6.92 Å². The molecule has 0 unspecified atom stereocenters. The molecule has 91 valence electrons. The van der Waals surface area contributed by atoms with E-state index in [4.69, 9.17) is 11.3 Å². The average Bonchev–Trinajstić information content (AvgIpc) is 1.99.